The van der Waals surface area contributed by atoms with Crippen molar-refractivity contribution in [1.82, 2.24) is 10.0 Å². The van der Waals surface area contributed by atoms with Crippen LogP contribution in [0.15, 0.2) is 24.3 Å². The van der Waals surface area contributed by atoms with Gasteiger partial charge in [-0.25, -0.2) is 17.9 Å². The molecule has 0 aliphatic carbocycles. The molecule has 0 aliphatic heterocycles. The highest BCUT2D eigenvalue weighted by atomic mass is 32.2. The van der Waals surface area contributed by atoms with E-state index in [1.54, 1.807) is 0 Å². The molecule has 0 spiro atoms. The van der Waals surface area contributed by atoms with Crippen LogP contribution in [-0.4, -0.2) is 39.0 Å². The van der Waals surface area contributed by atoms with Crippen molar-refractivity contribution in [2.24, 2.45) is 0 Å². The van der Waals surface area contributed by atoms with Crippen molar-refractivity contribution in [3.05, 3.63) is 35.4 Å². The Morgan fingerprint density at radius 1 is 1.30 bits per heavy atom. The molecule has 0 bridgehead atoms. The predicted octanol–water partition coefficient (Wildman–Crippen LogP) is -0.0597. The second kappa shape index (κ2) is 7.01. The first kappa shape index (κ1) is 16.1. The average Bonchev–Trinajstić information content (AvgIpc) is 2.37. The molecular formula is C12H16N2O5S. The molecule has 7 nitrogen and oxygen atoms in total. The van der Waals surface area contributed by atoms with E-state index in [1.807, 2.05) is 0 Å². The van der Waals surface area contributed by atoms with Crippen LogP contribution in [0.1, 0.15) is 22.3 Å². The molecule has 0 unspecified atom stereocenters. The van der Waals surface area contributed by atoms with E-state index in [0.717, 1.165) is 0 Å². The molecule has 0 aromatic heterocycles. The highest BCUT2D eigenvalue weighted by molar-refractivity contribution is 7.88. The number of rotatable bonds is 7. The minimum atomic E-state index is -3.60. The Morgan fingerprint density at radius 2 is 2.00 bits per heavy atom. The van der Waals surface area contributed by atoms with Gasteiger partial charge < -0.3 is 10.4 Å². The Morgan fingerprint density at radius 3 is 2.60 bits per heavy atom. The summed E-state index contributed by atoms with van der Waals surface area (Å²) >= 11 is 0. The van der Waals surface area contributed by atoms with E-state index in [9.17, 15) is 18.0 Å². The van der Waals surface area contributed by atoms with Crippen molar-refractivity contribution in [3.63, 3.8) is 0 Å². The van der Waals surface area contributed by atoms with Crippen LogP contribution in [0.25, 0.3) is 0 Å². The van der Waals surface area contributed by atoms with Crippen LogP contribution in [0, 0.1) is 0 Å². The smallest absolute Gasteiger partial charge is 0.335 e. The third-order valence-corrected chi connectivity index (χ3v) is 3.84. The number of carbonyl (C=O) groups is 2. The molecule has 8 heteroatoms. The van der Waals surface area contributed by atoms with Gasteiger partial charge in [0.25, 0.3) is 0 Å². The Kier molecular flexibility index (Phi) is 5.66. The van der Waals surface area contributed by atoms with E-state index in [2.05, 4.69) is 10.0 Å². The van der Waals surface area contributed by atoms with Gasteiger partial charge in [0, 0.05) is 20.0 Å². The maximum Gasteiger partial charge on any atom is 0.335 e. The molecule has 1 amide bonds. The average molecular weight is 300 g/mol. The third kappa shape index (κ3) is 5.37. The number of hydrogen-bond donors (Lipinski definition) is 3. The van der Waals surface area contributed by atoms with Gasteiger partial charge in [-0.3, -0.25) is 4.79 Å². The summed E-state index contributed by atoms with van der Waals surface area (Å²) in [5, 5.41) is 11.2. The molecule has 3 N–H and O–H groups in total. The van der Waals surface area contributed by atoms with Crippen LogP contribution >= 0.6 is 0 Å². The standard InChI is InChI=1S/C12H16N2O5S/c1-13-11(15)5-6-14-20(18,19)8-9-3-2-4-10(7-9)12(16)17/h2-4,7,14H,5-6,8H2,1H3,(H,13,15)(H,16,17). The molecule has 0 heterocycles. The number of aromatic carboxylic acids is 1. The number of carboxylic acid groups (broad SMARTS) is 1. The van der Waals surface area contributed by atoms with E-state index in [1.165, 1.54) is 31.3 Å². The first-order valence-electron chi connectivity index (χ1n) is 5.84. The molecule has 0 saturated heterocycles. The highest BCUT2D eigenvalue weighted by Gasteiger charge is 2.13. The molecule has 1 aromatic carbocycles. The van der Waals surface area contributed by atoms with Gasteiger partial charge in [-0.1, -0.05) is 12.1 Å². The summed E-state index contributed by atoms with van der Waals surface area (Å²) in [7, 11) is -2.14. The van der Waals surface area contributed by atoms with E-state index < -0.39 is 16.0 Å². The summed E-state index contributed by atoms with van der Waals surface area (Å²) in [4.78, 5) is 21.8. The summed E-state index contributed by atoms with van der Waals surface area (Å²) in [6, 6.07) is 5.71. The van der Waals surface area contributed by atoms with Crippen molar-refractivity contribution in [2.45, 2.75) is 12.2 Å². The molecule has 110 valence electrons. The highest BCUT2D eigenvalue weighted by Crippen LogP contribution is 2.08. The van der Waals surface area contributed by atoms with Crippen LogP contribution in [-0.2, 0) is 20.6 Å². The number of carboxylic acids is 1. The van der Waals surface area contributed by atoms with E-state index in [0.29, 0.717) is 5.56 Å². The van der Waals surface area contributed by atoms with Crippen molar-refractivity contribution in [3.8, 4) is 0 Å². The number of benzene rings is 1. The van der Waals surface area contributed by atoms with Crippen molar-refractivity contribution in [2.75, 3.05) is 13.6 Å². The van der Waals surface area contributed by atoms with E-state index in [4.69, 9.17) is 5.11 Å². The minimum absolute atomic E-state index is 0.000623. The Bertz CT molecular complexity index is 598. The molecule has 0 saturated carbocycles. The number of carbonyl (C=O) groups excluding carboxylic acids is 1. The maximum atomic E-state index is 11.8. The zero-order chi connectivity index (χ0) is 15.2. The minimum Gasteiger partial charge on any atom is -0.478 e. The summed E-state index contributed by atoms with van der Waals surface area (Å²) in [6.45, 7) is 0.000623. The van der Waals surface area contributed by atoms with Gasteiger partial charge >= 0.3 is 5.97 Å². The summed E-state index contributed by atoms with van der Waals surface area (Å²) < 4.78 is 25.8. The second-order valence-corrected chi connectivity index (χ2v) is 5.89. The number of hydrogen-bond acceptors (Lipinski definition) is 4. The zero-order valence-electron chi connectivity index (χ0n) is 10.9. The van der Waals surface area contributed by atoms with Crippen LogP contribution in [0.4, 0.5) is 0 Å². The van der Waals surface area contributed by atoms with E-state index >= 15 is 0 Å². The van der Waals surface area contributed by atoms with Gasteiger partial charge in [-0.2, -0.15) is 0 Å². The van der Waals surface area contributed by atoms with Gasteiger partial charge in [-0.05, 0) is 17.7 Å². The second-order valence-electron chi connectivity index (χ2n) is 4.08. The Hall–Kier alpha value is -1.93. The van der Waals surface area contributed by atoms with Crippen molar-refractivity contribution < 1.29 is 23.1 Å². The van der Waals surface area contributed by atoms with Gasteiger partial charge in [0.2, 0.25) is 15.9 Å². The van der Waals surface area contributed by atoms with Gasteiger partial charge in [-0.15, -0.1) is 0 Å². The van der Waals surface area contributed by atoms with Crippen molar-refractivity contribution in [1.29, 1.82) is 0 Å². The van der Waals surface area contributed by atoms with E-state index in [-0.39, 0.29) is 30.2 Å². The summed E-state index contributed by atoms with van der Waals surface area (Å²) in [5.41, 5.74) is 0.403. The topological polar surface area (TPSA) is 113 Å². The lowest BCUT2D eigenvalue weighted by Crippen LogP contribution is -2.30. The Balaban J connectivity index is 2.64. The van der Waals surface area contributed by atoms with Crippen molar-refractivity contribution >= 4 is 21.9 Å². The summed E-state index contributed by atoms with van der Waals surface area (Å²) in [6.07, 6.45) is 0.0465. The molecule has 20 heavy (non-hydrogen) atoms. The monoisotopic (exact) mass is 300 g/mol. The molecule has 0 atom stereocenters. The summed E-state index contributed by atoms with van der Waals surface area (Å²) in [5.74, 6) is -1.71. The normalized spacial score (nSPS) is 11.1. The molecule has 0 radical (unpaired) electrons. The maximum absolute atomic E-state index is 11.8. The molecule has 1 rings (SSSR count). The molecule has 1 aromatic rings. The quantitative estimate of drug-likeness (QED) is 0.653. The molecule has 0 aliphatic rings. The number of nitrogens with one attached hydrogen (secondary N) is 2. The van der Waals surface area contributed by atoms with Gasteiger partial charge in [0.15, 0.2) is 0 Å². The first-order valence-corrected chi connectivity index (χ1v) is 7.49. The van der Waals surface area contributed by atoms with Crippen LogP contribution in [0.2, 0.25) is 0 Å². The first-order chi connectivity index (χ1) is 9.34. The van der Waals surface area contributed by atoms with Crippen LogP contribution in [0.5, 0.6) is 0 Å². The van der Waals surface area contributed by atoms with Gasteiger partial charge in [0.05, 0.1) is 11.3 Å². The Labute approximate surface area is 117 Å². The fourth-order valence-corrected chi connectivity index (χ4v) is 2.64. The van der Waals surface area contributed by atoms with Gasteiger partial charge in [0.1, 0.15) is 0 Å². The lowest BCUT2D eigenvalue weighted by Gasteiger charge is -2.07. The fourth-order valence-electron chi connectivity index (χ4n) is 1.51. The van der Waals surface area contributed by atoms with Crippen LogP contribution < -0.4 is 10.0 Å². The number of amides is 1. The largest absolute Gasteiger partial charge is 0.478 e. The third-order valence-electron chi connectivity index (χ3n) is 2.48. The molecular weight excluding hydrogens is 284 g/mol. The predicted molar refractivity (Wildman–Crippen MR) is 72.7 cm³/mol. The molecule has 0 fully saturated rings. The van der Waals surface area contributed by atoms with Crippen LogP contribution in [0.3, 0.4) is 0 Å². The zero-order valence-corrected chi connectivity index (χ0v) is 11.7. The lowest BCUT2D eigenvalue weighted by atomic mass is 10.1. The lowest BCUT2D eigenvalue weighted by molar-refractivity contribution is -0.120. The SMILES string of the molecule is CNC(=O)CCNS(=O)(=O)Cc1cccc(C(=O)O)c1. The fraction of sp³-hybridized carbons (Fsp3) is 0.333. The number of sulfonamides is 1.